The highest BCUT2D eigenvalue weighted by Gasteiger charge is 2.30. The van der Waals surface area contributed by atoms with Crippen LogP contribution in [0, 0.1) is 0 Å². The number of carbonyl (C=O) groups is 1. The molecule has 0 unspecified atom stereocenters. The summed E-state index contributed by atoms with van der Waals surface area (Å²) in [6.45, 7) is 1.22. The van der Waals surface area contributed by atoms with E-state index in [0.29, 0.717) is 25.2 Å². The molecule has 0 aromatic heterocycles. The van der Waals surface area contributed by atoms with Crippen molar-refractivity contribution in [1.29, 1.82) is 0 Å². The topological polar surface area (TPSA) is 44.4 Å². The van der Waals surface area contributed by atoms with Crippen LogP contribution in [0.1, 0.15) is 11.1 Å². The second-order valence-electron chi connectivity index (χ2n) is 4.50. The Morgan fingerprint density at radius 3 is 2.55 bits per heavy atom. The summed E-state index contributed by atoms with van der Waals surface area (Å²) in [4.78, 5) is 12.6. The van der Waals surface area contributed by atoms with Crippen LogP contribution in [0.25, 0.3) is 0 Å². The lowest BCUT2D eigenvalue weighted by atomic mass is 10.1. The standard InChI is InChI=1S/C13H18F3N3O/c1-19(2)12(20)18-7-6-17-9-10-4-3-5-11(8-10)13(14,15)16/h3-5,8,17H,6-7,9H2,1-2H3,(H,18,20). The van der Waals surface area contributed by atoms with Gasteiger partial charge in [-0.05, 0) is 11.6 Å². The fourth-order valence-corrected chi connectivity index (χ4v) is 1.51. The number of carbonyl (C=O) groups excluding carboxylic acids is 1. The quantitative estimate of drug-likeness (QED) is 0.815. The Morgan fingerprint density at radius 1 is 1.25 bits per heavy atom. The number of hydrogen-bond donors (Lipinski definition) is 2. The van der Waals surface area contributed by atoms with Crippen molar-refractivity contribution in [3.8, 4) is 0 Å². The molecule has 0 bridgehead atoms. The molecule has 4 nitrogen and oxygen atoms in total. The molecule has 2 amide bonds. The Labute approximate surface area is 116 Å². The third kappa shape index (κ3) is 5.48. The lowest BCUT2D eigenvalue weighted by molar-refractivity contribution is -0.137. The summed E-state index contributed by atoms with van der Waals surface area (Å²) in [6, 6.07) is 4.96. The first-order chi connectivity index (χ1) is 9.30. The van der Waals surface area contributed by atoms with Crippen molar-refractivity contribution in [2.24, 2.45) is 0 Å². The first-order valence-electron chi connectivity index (χ1n) is 6.12. The zero-order chi connectivity index (χ0) is 15.2. The highest BCUT2D eigenvalue weighted by atomic mass is 19.4. The van der Waals surface area contributed by atoms with Crippen LogP contribution in [0.2, 0.25) is 0 Å². The Morgan fingerprint density at radius 2 is 1.95 bits per heavy atom. The second kappa shape index (κ2) is 7.14. The fraction of sp³-hybridized carbons (Fsp3) is 0.462. The van der Waals surface area contributed by atoms with Gasteiger partial charge in [-0.3, -0.25) is 0 Å². The van der Waals surface area contributed by atoms with E-state index in [9.17, 15) is 18.0 Å². The minimum atomic E-state index is -4.32. The smallest absolute Gasteiger partial charge is 0.337 e. The Bertz CT molecular complexity index is 447. The molecule has 0 aliphatic carbocycles. The van der Waals surface area contributed by atoms with E-state index in [1.165, 1.54) is 11.0 Å². The zero-order valence-electron chi connectivity index (χ0n) is 11.4. The summed E-state index contributed by atoms with van der Waals surface area (Å²) in [5.41, 5.74) is -0.100. The molecular weight excluding hydrogens is 271 g/mol. The van der Waals surface area contributed by atoms with Crippen molar-refractivity contribution in [2.75, 3.05) is 27.2 Å². The summed E-state index contributed by atoms with van der Waals surface area (Å²) in [5, 5.41) is 5.62. The van der Waals surface area contributed by atoms with Crippen LogP contribution in [0.15, 0.2) is 24.3 Å². The van der Waals surface area contributed by atoms with Crippen LogP contribution in [0.4, 0.5) is 18.0 Å². The molecule has 0 radical (unpaired) electrons. The molecule has 0 fully saturated rings. The normalized spacial score (nSPS) is 11.2. The first kappa shape index (κ1) is 16.3. The molecule has 1 aromatic carbocycles. The maximum atomic E-state index is 12.5. The number of rotatable bonds is 5. The van der Waals surface area contributed by atoms with Gasteiger partial charge in [-0.2, -0.15) is 13.2 Å². The zero-order valence-corrected chi connectivity index (χ0v) is 11.4. The Kier molecular flexibility index (Phi) is 5.82. The number of benzene rings is 1. The van der Waals surface area contributed by atoms with Crippen molar-refractivity contribution in [3.63, 3.8) is 0 Å². The minimum Gasteiger partial charge on any atom is -0.337 e. The molecule has 0 saturated carbocycles. The van der Waals surface area contributed by atoms with E-state index in [1.807, 2.05) is 0 Å². The lowest BCUT2D eigenvalue weighted by Gasteiger charge is -2.12. The van der Waals surface area contributed by atoms with Crippen molar-refractivity contribution in [2.45, 2.75) is 12.7 Å². The van der Waals surface area contributed by atoms with Crippen LogP contribution >= 0.6 is 0 Å². The molecule has 0 heterocycles. The van der Waals surface area contributed by atoms with Crippen molar-refractivity contribution < 1.29 is 18.0 Å². The van der Waals surface area contributed by atoms with Gasteiger partial charge in [0.25, 0.3) is 0 Å². The number of hydrogen-bond acceptors (Lipinski definition) is 2. The van der Waals surface area contributed by atoms with Crippen LogP contribution in [-0.2, 0) is 12.7 Å². The van der Waals surface area contributed by atoms with Gasteiger partial charge in [0.2, 0.25) is 0 Å². The van der Waals surface area contributed by atoms with Crippen LogP contribution in [0.3, 0.4) is 0 Å². The average Bonchev–Trinajstić information content (AvgIpc) is 2.37. The summed E-state index contributed by atoms with van der Waals surface area (Å²) in [5.74, 6) is 0. The number of alkyl halides is 3. The van der Waals surface area contributed by atoms with Gasteiger partial charge >= 0.3 is 12.2 Å². The molecule has 1 aromatic rings. The van der Waals surface area contributed by atoms with Crippen molar-refractivity contribution in [3.05, 3.63) is 35.4 Å². The van der Waals surface area contributed by atoms with E-state index in [2.05, 4.69) is 10.6 Å². The van der Waals surface area contributed by atoms with Gasteiger partial charge in [-0.25, -0.2) is 4.79 Å². The van der Waals surface area contributed by atoms with Crippen LogP contribution < -0.4 is 10.6 Å². The SMILES string of the molecule is CN(C)C(=O)NCCNCc1cccc(C(F)(F)F)c1. The Hall–Kier alpha value is -1.76. The van der Waals surface area contributed by atoms with Gasteiger partial charge in [-0.15, -0.1) is 0 Å². The first-order valence-corrected chi connectivity index (χ1v) is 6.12. The van der Waals surface area contributed by atoms with E-state index in [1.54, 1.807) is 20.2 Å². The largest absolute Gasteiger partial charge is 0.416 e. The number of amides is 2. The predicted octanol–water partition coefficient (Wildman–Crippen LogP) is 2.07. The summed E-state index contributed by atoms with van der Waals surface area (Å²) >= 11 is 0. The van der Waals surface area contributed by atoms with Gasteiger partial charge < -0.3 is 15.5 Å². The van der Waals surface area contributed by atoms with Crippen molar-refractivity contribution in [1.82, 2.24) is 15.5 Å². The van der Waals surface area contributed by atoms with Gasteiger partial charge in [0.1, 0.15) is 0 Å². The third-order valence-corrected chi connectivity index (χ3v) is 2.57. The monoisotopic (exact) mass is 289 g/mol. The molecule has 0 aliphatic heterocycles. The van der Waals surface area contributed by atoms with Gasteiger partial charge in [0, 0.05) is 33.7 Å². The number of nitrogens with zero attached hydrogens (tertiary/aromatic N) is 1. The van der Waals surface area contributed by atoms with E-state index >= 15 is 0 Å². The maximum Gasteiger partial charge on any atom is 0.416 e. The second-order valence-corrected chi connectivity index (χ2v) is 4.50. The number of nitrogens with one attached hydrogen (secondary N) is 2. The highest BCUT2D eigenvalue weighted by molar-refractivity contribution is 5.73. The van der Waals surface area contributed by atoms with E-state index in [-0.39, 0.29) is 6.03 Å². The number of urea groups is 1. The van der Waals surface area contributed by atoms with Gasteiger partial charge in [-0.1, -0.05) is 18.2 Å². The van der Waals surface area contributed by atoms with Crippen molar-refractivity contribution >= 4 is 6.03 Å². The van der Waals surface area contributed by atoms with Gasteiger partial charge in [0.05, 0.1) is 5.56 Å². The molecule has 112 valence electrons. The maximum absolute atomic E-state index is 12.5. The Balaban J connectivity index is 2.34. The molecule has 0 atom stereocenters. The van der Waals surface area contributed by atoms with Crippen LogP contribution in [0.5, 0.6) is 0 Å². The molecule has 0 saturated heterocycles. The number of halogens is 3. The predicted molar refractivity (Wildman–Crippen MR) is 70.2 cm³/mol. The van der Waals surface area contributed by atoms with E-state index in [0.717, 1.165) is 12.1 Å². The molecule has 1 rings (SSSR count). The van der Waals surface area contributed by atoms with E-state index < -0.39 is 11.7 Å². The highest BCUT2D eigenvalue weighted by Crippen LogP contribution is 2.29. The van der Waals surface area contributed by atoms with Gasteiger partial charge in [0.15, 0.2) is 0 Å². The molecular formula is C13H18F3N3O. The molecule has 20 heavy (non-hydrogen) atoms. The molecule has 0 spiro atoms. The lowest BCUT2D eigenvalue weighted by Crippen LogP contribution is -2.38. The summed E-state index contributed by atoms with van der Waals surface area (Å²) in [6.07, 6.45) is -4.32. The minimum absolute atomic E-state index is 0.203. The third-order valence-electron chi connectivity index (χ3n) is 2.57. The summed E-state index contributed by atoms with van der Waals surface area (Å²) < 4.78 is 37.5. The molecule has 0 aliphatic rings. The average molecular weight is 289 g/mol. The summed E-state index contributed by atoms with van der Waals surface area (Å²) in [7, 11) is 3.26. The fourth-order valence-electron chi connectivity index (χ4n) is 1.51. The molecule has 2 N–H and O–H groups in total. The molecule has 7 heteroatoms. The van der Waals surface area contributed by atoms with Crippen LogP contribution in [-0.4, -0.2) is 38.1 Å². The van der Waals surface area contributed by atoms with E-state index in [4.69, 9.17) is 0 Å².